The normalized spacial score (nSPS) is 12.3. The summed E-state index contributed by atoms with van der Waals surface area (Å²) in [6.07, 6.45) is 2.28. The maximum absolute atomic E-state index is 11.3. The Labute approximate surface area is 93.9 Å². The molecule has 0 saturated heterocycles. The molecule has 2 N–H and O–H groups in total. The first-order chi connectivity index (χ1) is 7.05. The molecule has 0 aliphatic rings. The molecule has 0 heterocycles. The van der Waals surface area contributed by atoms with E-state index in [1.807, 2.05) is 0 Å². The van der Waals surface area contributed by atoms with Gasteiger partial charge < -0.3 is 5.32 Å². The van der Waals surface area contributed by atoms with Crippen LogP contribution in [0.25, 0.3) is 0 Å². The number of sulfonamides is 1. The minimum absolute atomic E-state index is 0.168. The third-order valence-electron chi connectivity index (χ3n) is 2.50. The molecule has 0 radical (unpaired) electrons. The summed E-state index contributed by atoms with van der Waals surface area (Å²) in [6.45, 7) is 8.01. The van der Waals surface area contributed by atoms with Crippen molar-refractivity contribution < 1.29 is 8.42 Å². The summed E-state index contributed by atoms with van der Waals surface area (Å²) >= 11 is 0. The van der Waals surface area contributed by atoms with E-state index in [2.05, 4.69) is 23.9 Å². The van der Waals surface area contributed by atoms with E-state index < -0.39 is 10.0 Å². The first kappa shape index (κ1) is 14.9. The fourth-order valence-corrected chi connectivity index (χ4v) is 2.38. The molecule has 15 heavy (non-hydrogen) atoms. The minimum Gasteiger partial charge on any atom is -0.315 e. The first-order valence-electron chi connectivity index (χ1n) is 5.73. The van der Waals surface area contributed by atoms with Crippen molar-refractivity contribution in [3.05, 3.63) is 0 Å². The molecule has 0 aliphatic heterocycles. The molecule has 0 spiro atoms. The Morgan fingerprint density at radius 1 is 1.13 bits per heavy atom. The van der Waals surface area contributed by atoms with E-state index in [4.69, 9.17) is 0 Å². The third kappa shape index (κ3) is 7.76. The molecule has 0 atom stereocenters. The molecular formula is C10H24N2O2S. The number of rotatable bonds is 9. The summed E-state index contributed by atoms with van der Waals surface area (Å²) in [6, 6.07) is 0. The maximum Gasteiger partial charge on any atom is 0.212 e. The maximum atomic E-state index is 11.3. The van der Waals surface area contributed by atoms with Crippen molar-refractivity contribution in [2.45, 2.75) is 33.6 Å². The van der Waals surface area contributed by atoms with Crippen molar-refractivity contribution in [2.75, 3.05) is 25.4 Å². The van der Waals surface area contributed by atoms with E-state index in [9.17, 15) is 8.42 Å². The Hall–Kier alpha value is -0.130. The highest BCUT2D eigenvalue weighted by molar-refractivity contribution is 7.89. The van der Waals surface area contributed by atoms with Crippen LogP contribution in [0.3, 0.4) is 0 Å². The van der Waals surface area contributed by atoms with E-state index in [1.54, 1.807) is 6.92 Å². The second-order valence-electron chi connectivity index (χ2n) is 3.70. The standard InChI is InChI=1S/C10H24N2O2S/c1-4-10(5-2)9-11-7-8-15(13,14)12-6-3/h10-12H,4-9H2,1-3H3. The molecule has 0 aromatic heterocycles. The van der Waals surface area contributed by atoms with Gasteiger partial charge in [0.05, 0.1) is 5.75 Å². The van der Waals surface area contributed by atoms with Crippen LogP contribution in [-0.2, 0) is 10.0 Å². The topological polar surface area (TPSA) is 58.2 Å². The van der Waals surface area contributed by atoms with Crippen LogP contribution in [0.4, 0.5) is 0 Å². The van der Waals surface area contributed by atoms with Gasteiger partial charge in [-0.1, -0.05) is 33.6 Å². The molecule has 0 amide bonds. The van der Waals surface area contributed by atoms with Crippen molar-refractivity contribution in [3.63, 3.8) is 0 Å². The van der Waals surface area contributed by atoms with Crippen LogP contribution < -0.4 is 10.0 Å². The van der Waals surface area contributed by atoms with Crippen LogP contribution in [0, 0.1) is 5.92 Å². The van der Waals surface area contributed by atoms with Crippen molar-refractivity contribution in [1.82, 2.24) is 10.0 Å². The Balaban J connectivity index is 3.62. The monoisotopic (exact) mass is 236 g/mol. The largest absolute Gasteiger partial charge is 0.315 e. The highest BCUT2D eigenvalue weighted by atomic mass is 32.2. The van der Waals surface area contributed by atoms with Gasteiger partial charge in [0.2, 0.25) is 10.0 Å². The Morgan fingerprint density at radius 2 is 1.73 bits per heavy atom. The van der Waals surface area contributed by atoms with Gasteiger partial charge in [0.1, 0.15) is 0 Å². The van der Waals surface area contributed by atoms with E-state index in [0.717, 1.165) is 19.4 Å². The summed E-state index contributed by atoms with van der Waals surface area (Å²) in [5, 5.41) is 3.18. The van der Waals surface area contributed by atoms with Crippen LogP contribution >= 0.6 is 0 Å². The van der Waals surface area contributed by atoms with Crippen molar-refractivity contribution in [2.24, 2.45) is 5.92 Å². The van der Waals surface area contributed by atoms with E-state index in [-0.39, 0.29) is 5.75 Å². The third-order valence-corrected chi connectivity index (χ3v) is 3.97. The fraction of sp³-hybridized carbons (Fsp3) is 1.00. The molecule has 4 nitrogen and oxygen atoms in total. The summed E-state index contributed by atoms with van der Waals surface area (Å²) in [5.74, 6) is 0.827. The van der Waals surface area contributed by atoms with Crippen LogP contribution in [0.1, 0.15) is 33.6 Å². The molecule has 92 valence electrons. The van der Waals surface area contributed by atoms with E-state index in [0.29, 0.717) is 19.0 Å². The average molecular weight is 236 g/mol. The lowest BCUT2D eigenvalue weighted by Gasteiger charge is -2.13. The zero-order valence-electron chi connectivity index (χ0n) is 10.0. The van der Waals surface area contributed by atoms with Crippen molar-refractivity contribution >= 4 is 10.0 Å². The lowest BCUT2D eigenvalue weighted by molar-refractivity contribution is 0.456. The van der Waals surface area contributed by atoms with Gasteiger partial charge in [0.15, 0.2) is 0 Å². The van der Waals surface area contributed by atoms with Gasteiger partial charge in [-0.3, -0.25) is 0 Å². The molecule has 0 aliphatic carbocycles. The zero-order valence-corrected chi connectivity index (χ0v) is 10.9. The van der Waals surface area contributed by atoms with Crippen LogP contribution in [-0.4, -0.2) is 33.8 Å². The lowest BCUT2D eigenvalue weighted by atomic mass is 10.0. The van der Waals surface area contributed by atoms with Crippen molar-refractivity contribution in [3.8, 4) is 0 Å². The average Bonchev–Trinajstić information content (AvgIpc) is 2.18. The fourth-order valence-electron chi connectivity index (χ4n) is 1.38. The SMILES string of the molecule is CCNS(=O)(=O)CCNCC(CC)CC. The molecule has 0 fully saturated rings. The van der Waals surface area contributed by atoms with Gasteiger partial charge in [0.25, 0.3) is 0 Å². The Bertz CT molecular complexity index is 236. The van der Waals surface area contributed by atoms with Crippen molar-refractivity contribution in [1.29, 1.82) is 0 Å². The smallest absolute Gasteiger partial charge is 0.212 e. The highest BCUT2D eigenvalue weighted by Gasteiger charge is 2.08. The predicted molar refractivity (Wildman–Crippen MR) is 64.4 cm³/mol. The van der Waals surface area contributed by atoms with Gasteiger partial charge in [-0.2, -0.15) is 0 Å². The quantitative estimate of drug-likeness (QED) is 0.586. The second kappa shape index (κ2) is 8.07. The van der Waals surface area contributed by atoms with Gasteiger partial charge in [-0.05, 0) is 12.5 Å². The molecule has 5 heteroatoms. The summed E-state index contributed by atoms with van der Waals surface area (Å²) in [4.78, 5) is 0. The molecular weight excluding hydrogens is 212 g/mol. The first-order valence-corrected chi connectivity index (χ1v) is 7.39. The Kier molecular flexibility index (Phi) is 8.00. The lowest BCUT2D eigenvalue weighted by Crippen LogP contribution is -2.33. The molecule has 0 unspecified atom stereocenters. The second-order valence-corrected chi connectivity index (χ2v) is 5.63. The van der Waals surface area contributed by atoms with Crippen LogP contribution in [0.2, 0.25) is 0 Å². The van der Waals surface area contributed by atoms with Gasteiger partial charge >= 0.3 is 0 Å². The van der Waals surface area contributed by atoms with Gasteiger partial charge in [-0.25, -0.2) is 13.1 Å². The summed E-state index contributed by atoms with van der Waals surface area (Å²) < 4.78 is 25.0. The molecule has 0 rings (SSSR count). The predicted octanol–water partition coefficient (Wildman–Crippen LogP) is 0.951. The molecule has 0 saturated carbocycles. The van der Waals surface area contributed by atoms with Crippen LogP contribution in [0.5, 0.6) is 0 Å². The molecule has 0 aromatic carbocycles. The zero-order chi connectivity index (χ0) is 11.7. The van der Waals surface area contributed by atoms with Crippen LogP contribution in [0.15, 0.2) is 0 Å². The van der Waals surface area contributed by atoms with Gasteiger partial charge in [-0.15, -0.1) is 0 Å². The highest BCUT2D eigenvalue weighted by Crippen LogP contribution is 2.04. The number of hydrogen-bond donors (Lipinski definition) is 2. The summed E-state index contributed by atoms with van der Waals surface area (Å²) in [5.41, 5.74) is 0. The molecule has 0 bridgehead atoms. The molecule has 0 aromatic rings. The number of nitrogens with one attached hydrogen (secondary N) is 2. The van der Waals surface area contributed by atoms with E-state index in [1.165, 1.54) is 0 Å². The number of hydrogen-bond acceptors (Lipinski definition) is 3. The van der Waals surface area contributed by atoms with E-state index >= 15 is 0 Å². The Morgan fingerprint density at radius 3 is 2.20 bits per heavy atom. The minimum atomic E-state index is -3.06. The van der Waals surface area contributed by atoms with Gasteiger partial charge in [0, 0.05) is 13.1 Å². The summed E-state index contributed by atoms with van der Waals surface area (Å²) in [7, 11) is -3.06.